The van der Waals surface area contributed by atoms with Crippen LogP contribution in [0.3, 0.4) is 0 Å². The molecule has 0 bridgehead atoms. The van der Waals surface area contributed by atoms with Crippen molar-refractivity contribution in [2.24, 2.45) is 11.3 Å². The summed E-state index contributed by atoms with van der Waals surface area (Å²) in [4.78, 5) is 0. The third kappa shape index (κ3) is 3.08. The van der Waals surface area contributed by atoms with Gasteiger partial charge in [-0.3, -0.25) is 0 Å². The van der Waals surface area contributed by atoms with Crippen LogP contribution in [0.15, 0.2) is 0 Å². The molecule has 1 saturated carbocycles. The minimum absolute atomic E-state index is 0.141. The summed E-state index contributed by atoms with van der Waals surface area (Å²) < 4.78 is 12.7. The molecule has 1 saturated heterocycles. The normalized spacial score (nSPS) is 32.2. The van der Waals surface area contributed by atoms with Crippen LogP contribution < -0.4 is 0 Å². The zero-order valence-corrected chi connectivity index (χ0v) is 12.6. The molecule has 2 aliphatic rings. The van der Waals surface area contributed by atoms with Crippen LogP contribution >= 0.6 is 0 Å². The lowest BCUT2D eigenvalue weighted by Crippen LogP contribution is -2.55. The number of hydrogen-bond acceptors (Lipinski definition) is 2. The summed E-state index contributed by atoms with van der Waals surface area (Å²) in [5, 5.41) is 0. The third-order valence-corrected chi connectivity index (χ3v) is 4.54. The van der Waals surface area contributed by atoms with Crippen LogP contribution in [-0.2, 0) is 9.47 Å². The first-order chi connectivity index (χ1) is 8.45. The highest BCUT2D eigenvalue weighted by Crippen LogP contribution is 2.43. The summed E-state index contributed by atoms with van der Waals surface area (Å²) in [6.07, 6.45) is 9.07. The lowest BCUT2D eigenvalue weighted by Gasteiger charge is -2.50. The van der Waals surface area contributed by atoms with E-state index in [0.29, 0.717) is 12.0 Å². The number of hydrogen-bond donors (Lipinski definition) is 0. The summed E-state index contributed by atoms with van der Waals surface area (Å²) >= 11 is 0. The Kier molecular flexibility index (Phi) is 4.38. The molecule has 2 nitrogen and oxygen atoms in total. The fourth-order valence-electron chi connectivity index (χ4n) is 3.57. The van der Waals surface area contributed by atoms with Crippen molar-refractivity contribution in [2.75, 3.05) is 6.61 Å². The predicted molar refractivity (Wildman–Crippen MR) is 74.5 cm³/mol. The Balaban J connectivity index is 2.09. The minimum Gasteiger partial charge on any atom is -0.349 e. The molecule has 1 spiro atoms. The largest absolute Gasteiger partial charge is 0.349 e. The topological polar surface area (TPSA) is 18.5 Å². The molecule has 1 atom stereocenters. The first kappa shape index (κ1) is 14.3. The number of ether oxygens (including phenoxy) is 2. The van der Waals surface area contributed by atoms with E-state index in [-0.39, 0.29) is 11.2 Å². The van der Waals surface area contributed by atoms with Crippen molar-refractivity contribution < 1.29 is 9.47 Å². The smallest absolute Gasteiger partial charge is 0.168 e. The molecule has 2 fully saturated rings. The van der Waals surface area contributed by atoms with E-state index < -0.39 is 0 Å². The van der Waals surface area contributed by atoms with Crippen LogP contribution in [0.2, 0.25) is 0 Å². The third-order valence-electron chi connectivity index (χ3n) is 4.54. The van der Waals surface area contributed by atoms with Gasteiger partial charge in [0.25, 0.3) is 0 Å². The van der Waals surface area contributed by atoms with Crippen LogP contribution in [0.5, 0.6) is 0 Å². The van der Waals surface area contributed by atoms with Crippen LogP contribution in [-0.4, -0.2) is 18.5 Å². The van der Waals surface area contributed by atoms with E-state index in [1.54, 1.807) is 0 Å². The summed E-state index contributed by atoms with van der Waals surface area (Å²) in [7, 11) is 0. The quantitative estimate of drug-likeness (QED) is 0.684. The summed E-state index contributed by atoms with van der Waals surface area (Å²) in [5.74, 6) is 0.302. The van der Waals surface area contributed by atoms with E-state index in [9.17, 15) is 0 Å². The summed E-state index contributed by atoms with van der Waals surface area (Å²) in [6, 6.07) is 0. The maximum atomic E-state index is 6.50. The molecule has 1 heterocycles. The Morgan fingerprint density at radius 1 is 0.944 bits per heavy atom. The van der Waals surface area contributed by atoms with E-state index in [0.717, 1.165) is 19.4 Å². The van der Waals surface area contributed by atoms with Gasteiger partial charge in [-0.1, -0.05) is 47.0 Å². The Labute approximate surface area is 112 Å². The molecule has 0 N–H and O–H groups in total. The zero-order chi connectivity index (χ0) is 13.2. The lowest BCUT2D eigenvalue weighted by atomic mass is 9.79. The van der Waals surface area contributed by atoms with Crippen molar-refractivity contribution in [1.82, 2.24) is 0 Å². The minimum atomic E-state index is -0.259. The monoisotopic (exact) mass is 254 g/mol. The van der Waals surface area contributed by atoms with Crippen molar-refractivity contribution in [3.8, 4) is 0 Å². The standard InChI is InChI=1S/C16H30O2/c1-13(2)14-15(3,4)12-17-16(18-14)10-8-6-5-7-9-11-16/h13-14H,5-12H2,1-4H3. The first-order valence-corrected chi connectivity index (χ1v) is 7.77. The van der Waals surface area contributed by atoms with Crippen molar-refractivity contribution in [3.05, 3.63) is 0 Å². The molecule has 0 aromatic heterocycles. The molecule has 0 amide bonds. The van der Waals surface area contributed by atoms with Crippen LogP contribution in [0.1, 0.15) is 72.6 Å². The molecule has 1 aliphatic heterocycles. The Morgan fingerprint density at radius 3 is 2.06 bits per heavy atom. The van der Waals surface area contributed by atoms with Crippen LogP contribution in [0, 0.1) is 11.3 Å². The van der Waals surface area contributed by atoms with Gasteiger partial charge in [-0.05, 0) is 18.8 Å². The fourth-order valence-corrected chi connectivity index (χ4v) is 3.57. The Bertz CT molecular complexity index is 262. The van der Waals surface area contributed by atoms with Gasteiger partial charge >= 0.3 is 0 Å². The molecule has 106 valence electrons. The molecule has 18 heavy (non-hydrogen) atoms. The van der Waals surface area contributed by atoms with Gasteiger partial charge in [-0.2, -0.15) is 0 Å². The van der Waals surface area contributed by atoms with Crippen LogP contribution in [0.25, 0.3) is 0 Å². The average molecular weight is 254 g/mol. The van der Waals surface area contributed by atoms with Gasteiger partial charge in [0.15, 0.2) is 5.79 Å². The van der Waals surface area contributed by atoms with E-state index in [1.807, 2.05) is 0 Å². The molecule has 1 unspecified atom stereocenters. The molecule has 0 aromatic rings. The van der Waals surface area contributed by atoms with E-state index in [4.69, 9.17) is 9.47 Å². The van der Waals surface area contributed by atoms with Gasteiger partial charge in [-0.25, -0.2) is 0 Å². The summed E-state index contributed by atoms with van der Waals surface area (Å²) in [6.45, 7) is 9.93. The molecular formula is C16H30O2. The highest BCUT2D eigenvalue weighted by molar-refractivity contribution is 4.89. The lowest BCUT2D eigenvalue weighted by molar-refractivity contribution is -0.342. The molecular weight excluding hydrogens is 224 g/mol. The van der Waals surface area contributed by atoms with Crippen molar-refractivity contribution in [3.63, 3.8) is 0 Å². The number of rotatable bonds is 1. The maximum Gasteiger partial charge on any atom is 0.168 e. The van der Waals surface area contributed by atoms with E-state index >= 15 is 0 Å². The second-order valence-corrected chi connectivity index (χ2v) is 7.24. The molecule has 2 rings (SSSR count). The molecule has 1 aliphatic carbocycles. The van der Waals surface area contributed by atoms with Gasteiger partial charge in [0.1, 0.15) is 0 Å². The fraction of sp³-hybridized carbons (Fsp3) is 1.00. The van der Waals surface area contributed by atoms with E-state index in [1.165, 1.54) is 32.1 Å². The Morgan fingerprint density at radius 2 is 1.50 bits per heavy atom. The van der Waals surface area contributed by atoms with Gasteiger partial charge in [0.2, 0.25) is 0 Å². The van der Waals surface area contributed by atoms with Gasteiger partial charge in [-0.15, -0.1) is 0 Å². The van der Waals surface area contributed by atoms with Crippen molar-refractivity contribution in [2.45, 2.75) is 84.5 Å². The SMILES string of the molecule is CC(C)C1OC2(CCCCCCC2)OCC1(C)C. The highest BCUT2D eigenvalue weighted by atomic mass is 16.7. The first-order valence-electron chi connectivity index (χ1n) is 7.77. The van der Waals surface area contributed by atoms with Crippen molar-refractivity contribution in [1.29, 1.82) is 0 Å². The molecule has 0 aromatic carbocycles. The van der Waals surface area contributed by atoms with E-state index in [2.05, 4.69) is 27.7 Å². The average Bonchev–Trinajstić information content (AvgIpc) is 2.26. The van der Waals surface area contributed by atoms with Gasteiger partial charge in [0.05, 0.1) is 12.7 Å². The summed E-state index contributed by atoms with van der Waals surface area (Å²) in [5.41, 5.74) is 0.141. The molecule has 2 heteroatoms. The van der Waals surface area contributed by atoms with Gasteiger partial charge in [0, 0.05) is 18.3 Å². The Hall–Kier alpha value is -0.0800. The van der Waals surface area contributed by atoms with Crippen molar-refractivity contribution >= 4 is 0 Å². The second-order valence-electron chi connectivity index (χ2n) is 7.24. The molecule has 0 radical (unpaired) electrons. The zero-order valence-electron chi connectivity index (χ0n) is 12.6. The maximum absolute atomic E-state index is 6.50. The highest BCUT2D eigenvalue weighted by Gasteiger charge is 2.47. The van der Waals surface area contributed by atoms with Crippen LogP contribution in [0.4, 0.5) is 0 Å². The van der Waals surface area contributed by atoms with Gasteiger partial charge < -0.3 is 9.47 Å². The second kappa shape index (κ2) is 5.50. The predicted octanol–water partition coefficient (Wildman–Crippen LogP) is 4.52.